The number of ether oxygens (including phenoxy) is 3. The van der Waals surface area contributed by atoms with Crippen LogP contribution >= 0.6 is 0 Å². The normalized spacial score (nSPS) is 11.5. The third-order valence-electron chi connectivity index (χ3n) is 4.48. The molecule has 0 unspecified atom stereocenters. The van der Waals surface area contributed by atoms with E-state index in [0.29, 0.717) is 17.6 Å². The predicted octanol–water partition coefficient (Wildman–Crippen LogP) is 3.06. The van der Waals surface area contributed by atoms with Gasteiger partial charge in [0.2, 0.25) is 0 Å². The van der Waals surface area contributed by atoms with Gasteiger partial charge in [-0.1, -0.05) is 13.8 Å². The summed E-state index contributed by atoms with van der Waals surface area (Å²) in [6.07, 6.45) is 0. The lowest BCUT2D eigenvalue weighted by atomic mass is 10.0. The van der Waals surface area contributed by atoms with E-state index in [0.717, 1.165) is 6.07 Å². The van der Waals surface area contributed by atoms with Crippen LogP contribution in [0.3, 0.4) is 0 Å². The Kier molecular flexibility index (Phi) is 8.66. The van der Waals surface area contributed by atoms with Crippen molar-refractivity contribution < 1.29 is 41.8 Å². The second-order valence-corrected chi connectivity index (χ2v) is 7.18. The lowest BCUT2D eigenvalue weighted by Crippen LogP contribution is -2.46. The van der Waals surface area contributed by atoms with Crippen LogP contribution in [0.5, 0.6) is 11.5 Å². The number of hydrogen-bond acceptors (Lipinski definition) is 6. The topological polar surface area (TPSA) is 103 Å². The van der Waals surface area contributed by atoms with Crippen LogP contribution in [0.4, 0.5) is 18.9 Å². The summed E-state index contributed by atoms with van der Waals surface area (Å²) >= 11 is 0. The highest BCUT2D eigenvalue weighted by Crippen LogP contribution is 2.23. The van der Waals surface area contributed by atoms with E-state index in [2.05, 4.69) is 5.32 Å². The maximum atomic E-state index is 13.7. The van der Waals surface area contributed by atoms with Gasteiger partial charge in [-0.3, -0.25) is 9.59 Å². The molecule has 2 aromatic carbocycles. The fourth-order valence-electron chi connectivity index (χ4n) is 2.70. The SMILES string of the molecule is COc1cc(OC)cc(C(=O)N[C@@H](C(=O)OCC(=O)Nc2ccc(F)c(F)c2F)C(C)C)c1. The summed E-state index contributed by atoms with van der Waals surface area (Å²) < 4.78 is 55.1. The molecule has 0 fully saturated rings. The first kappa shape index (κ1) is 25.5. The first-order valence-electron chi connectivity index (χ1n) is 9.71. The molecule has 0 saturated carbocycles. The second kappa shape index (κ2) is 11.2. The monoisotopic (exact) mass is 468 g/mol. The molecule has 0 bridgehead atoms. The Morgan fingerprint density at radius 2 is 1.55 bits per heavy atom. The van der Waals surface area contributed by atoms with E-state index in [1.165, 1.54) is 26.4 Å². The van der Waals surface area contributed by atoms with Crippen molar-refractivity contribution in [2.45, 2.75) is 19.9 Å². The van der Waals surface area contributed by atoms with Crippen LogP contribution in [0.25, 0.3) is 0 Å². The van der Waals surface area contributed by atoms with Gasteiger partial charge in [0, 0.05) is 11.6 Å². The highest BCUT2D eigenvalue weighted by Gasteiger charge is 2.27. The van der Waals surface area contributed by atoms with Crippen LogP contribution in [0.2, 0.25) is 0 Å². The number of halogens is 3. The molecule has 0 aromatic heterocycles. The van der Waals surface area contributed by atoms with Crippen molar-refractivity contribution in [3.05, 3.63) is 53.3 Å². The molecule has 8 nitrogen and oxygen atoms in total. The van der Waals surface area contributed by atoms with Crippen LogP contribution in [-0.2, 0) is 14.3 Å². The average molecular weight is 468 g/mol. The Balaban J connectivity index is 2.03. The highest BCUT2D eigenvalue weighted by molar-refractivity contribution is 5.98. The quantitative estimate of drug-likeness (QED) is 0.433. The van der Waals surface area contributed by atoms with Crippen molar-refractivity contribution in [3.8, 4) is 11.5 Å². The van der Waals surface area contributed by atoms with Crippen molar-refractivity contribution in [3.63, 3.8) is 0 Å². The summed E-state index contributed by atoms with van der Waals surface area (Å²) in [5, 5.41) is 4.50. The number of nitrogens with one attached hydrogen (secondary N) is 2. The van der Waals surface area contributed by atoms with E-state index in [-0.39, 0.29) is 5.56 Å². The van der Waals surface area contributed by atoms with E-state index in [1.807, 2.05) is 5.32 Å². The van der Waals surface area contributed by atoms with Crippen molar-refractivity contribution in [1.29, 1.82) is 0 Å². The molecule has 2 N–H and O–H groups in total. The van der Waals surface area contributed by atoms with Crippen molar-refractivity contribution in [1.82, 2.24) is 5.32 Å². The second-order valence-electron chi connectivity index (χ2n) is 7.18. The first-order valence-corrected chi connectivity index (χ1v) is 9.71. The summed E-state index contributed by atoms with van der Waals surface area (Å²) in [5.41, 5.74) is -0.452. The summed E-state index contributed by atoms with van der Waals surface area (Å²) in [7, 11) is 2.84. The van der Waals surface area contributed by atoms with Crippen molar-refractivity contribution in [2.75, 3.05) is 26.1 Å². The summed E-state index contributed by atoms with van der Waals surface area (Å²) in [5.74, 6) is -6.96. The Labute approximate surface area is 188 Å². The van der Waals surface area contributed by atoms with Gasteiger partial charge in [-0.2, -0.15) is 0 Å². The van der Waals surface area contributed by atoms with E-state index in [1.54, 1.807) is 19.9 Å². The van der Waals surface area contributed by atoms with Gasteiger partial charge in [-0.25, -0.2) is 18.0 Å². The molecule has 0 saturated heterocycles. The molecule has 33 heavy (non-hydrogen) atoms. The van der Waals surface area contributed by atoms with E-state index >= 15 is 0 Å². The largest absolute Gasteiger partial charge is 0.497 e. The van der Waals surface area contributed by atoms with Gasteiger partial charge in [-0.05, 0) is 30.2 Å². The zero-order chi connectivity index (χ0) is 24.7. The number of anilines is 1. The number of hydrogen-bond donors (Lipinski definition) is 2. The van der Waals surface area contributed by atoms with Gasteiger partial charge in [0.05, 0.1) is 19.9 Å². The maximum Gasteiger partial charge on any atom is 0.329 e. The summed E-state index contributed by atoms with van der Waals surface area (Å²) in [4.78, 5) is 37.1. The molecule has 0 heterocycles. The van der Waals surface area contributed by atoms with Gasteiger partial charge >= 0.3 is 5.97 Å². The first-order chi connectivity index (χ1) is 15.6. The Morgan fingerprint density at radius 3 is 2.09 bits per heavy atom. The van der Waals surface area contributed by atoms with Gasteiger partial charge in [0.15, 0.2) is 24.1 Å². The fourth-order valence-corrected chi connectivity index (χ4v) is 2.70. The third kappa shape index (κ3) is 6.61. The summed E-state index contributed by atoms with van der Waals surface area (Å²) in [6.45, 7) is 2.45. The Bertz CT molecular complexity index is 1020. The van der Waals surface area contributed by atoms with Crippen LogP contribution in [0.1, 0.15) is 24.2 Å². The van der Waals surface area contributed by atoms with Crippen LogP contribution in [0.15, 0.2) is 30.3 Å². The van der Waals surface area contributed by atoms with Gasteiger partial charge in [0.25, 0.3) is 11.8 Å². The molecule has 0 radical (unpaired) electrons. The van der Waals surface area contributed by atoms with Crippen molar-refractivity contribution >= 4 is 23.5 Å². The number of methoxy groups -OCH3 is 2. The molecule has 0 aliphatic heterocycles. The lowest BCUT2D eigenvalue weighted by Gasteiger charge is -2.21. The Morgan fingerprint density at radius 1 is 0.939 bits per heavy atom. The van der Waals surface area contributed by atoms with E-state index < -0.39 is 59.5 Å². The zero-order valence-electron chi connectivity index (χ0n) is 18.3. The zero-order valence-corrected chi connectivity index (χ0v) is 18.3. The Hall–Kier alpha value is -3.76. The van der Waals surface area contributed by atoms with Crippen molar-refractivity contribution in [2.24, 2.45) is 5.92 Å². The van der Waals surface area contributed by atoms with E-state index in [9.17, 15) is 27.6 Å². The molecule has 2 aromatic rings. The number of esters is 1. The fraction of sp³-hybridized carbons (Fsp3) is 0.318. The maximum absolute atomic E-state index is 13.7. The van der Waals surface area contributed by atoms with Gasteiger partial charge < -0.3 is 24.8 Å². The number of carbonyl (C=O) groups excluding carboxylic acids is 3. The van der Waals surface area contributed by atoms with Gasteiger partial charge in [-0.15, -0.1) is 0 Å². The molecule has 1 atom stereocenters. The molecule has 178 valence electrons. The molecule has 0 aliphatic rings. The standard InChI is InChI=1S/C22H23F3N2O6/c1-11(2)20(27-21(29)12-7-13(31-3)9-14(8-12)32-4)22(30)33-10-17(28)26-16-6-5-15(23)18(24)19(16)25/h5-9,11,20H,10H2,1-4H3,(H,26,28)(H,27,29)/t20-/m1/s1. The lowest BCUT2D eigenvalue weighted by molar-refractivity contribution is -0.150. The number of benzene rings is 2. The van der Waals surface area contributed by atoms with E-state index in [4.69, 9.17) is 14.2 Å². The molecule has 11 heteroatoms. The molecule has 0 aliphatic carbocycles. The van der Waals surface area contributed by atoms with Crippen LogP contribution < -0.4 is 20.1 Å². The number of rotatable bonds is 9. The molecule has 2 amide bonds. The minimum Gasteiger partial charge on any atom is -0.497 e. The van der Waals surface area contributed by atoms with Crippen LogP contribution in [-0.4, -0.2) is 44.7 Å². The van der Waals surface area contributed by atoms with Crippen LogP contribution in [0, 0.1) is 23.4 Å². The predicted molar refractivity (Wildman–Crippen MR) is 112 cm³/mol. The average Bonchev–Trinajstić information content (AvgIpc) is 2.80. The molecular formula is C22H23F3N2O6. The highest BCUT2D eigenvalue weighted by atomic mass is 19.2. The molecular weight excluding hydrogens is 445 g/mol. The third-order valence-corrected chi connectivity index (χ3v) is 4.48. The molecule has 0 spiro atoms. The number of amides is 2. The minimum atomic E-state index is -1.75. The smallest absolute Gasteiger partial charge is 0.329 e. The molecule has 2 rings (SSSR count). The minimum absolute atomic E-state index is 0.163. The number of carbonyl (C=O) groups is 3. The van der Waals surface area contributed by atoms with Gasteiger partial charge in [0.1, 0.15) is 17.5 Å². The summed E-state index contributed by atoms with van der Waals surface area (Å²) in [6, 6.07) is 4.81.